The number of methoxy groups -OCH3 is 1. The topological polar surface area (TPSA) is 142 Å². The Hall–Kier alpha value is -2.07. The lowest BCUT2D eigenvalue weighted by molar-refractivity contribution is -0.160. The van der Waals surface area contributed by atoms with Crippen LogP contribution >= 0.6 is 0 Å². The van der Waals surface area contributed by atoms with Crippen LogP contribution in [0.1, 0.15) is 111 Å². The van der Waals surface area contributed by atoms with Gasteiger partial charge in [-0.15, -0.1) is 0 Å². The van der Waals surface area contributed by atoms with E-state index in [9.17, 15) is 29.7 Å². The first-order valence-electron chi connectivity index (χ1n) is 16.4. The molecule has 1 unspecified atom stereocenters. The SMILES string of the molecule is CCC[C@@H]1OC(=O)[C@@H](C)C[C@H](C)CCCCC(=O)CCCC(C)/C=C/C=C(\COC)CC[C@@H](O)[C@@H](O)C[C@H](O)CNC1=O. The number of cyclic esters (lactones) is 1. The van der Waals surface area contributed by atoms with Crippen LogP contribution < -0.4 is 5.32 Å². The number of allylic oxidation sites excluding steroid dienone is 3. The Morgan fingerprint density at radius 3 is 2.35 bits per heavy atom. The average molecular weight is 610 g/mol. The van der Waals surface area contributed by atoms with Gasteiger partial charge in [0.15, 0.2) is 6.10 Å². The van der Waals surface area contributed by atoms with Crippen molar-refractivity contribution < 1.29 is 39.2 Å². The molecule has 43 heavy (non-hydrogen) atoms. The number of ketones is 1. The van der Waals surface area contributed by atoms with Gasteiger partial charge >= 0.3 is 5.97 Å². The number of carbonyl (C=O) groups excluding carboxylic acids is 3. The van der Waals surface area contributed by atoms with E-state index < -0.39 is 36.3 Å². The van der Waals surface area contributed by atoms with Crippen molar-refractivity contribution >= 4 is 17.7 Å². The molecule has 0 spiro atoms. The summed E-state index contributed by atoms with van der Waals surface area (Å²) in [5.41, 5.74) is 0.966. The van der Waals surface area contributed by atoms with Crippen molar-refractivity contribution in [2.24, 2.45) is 17.8 Å². The van der Waals surface area contributed by atoms with Crippen LogP contribution in [0.5, 0.6) is 0 Å². The van der Waals surface area contributed by atoms with E-state index in [-0.39, 0.29) is 31.2 Å². The fourth-order valence-electron chi connectivity index (χ4n) is 5.38. The Kier molecular flexibility index (Phi) is 20.3. The van der Waals surface area contributed by atoms with E-state index in [1.54, 1.807) is 7.11 Å². The van der Waals surface area contributed by atoms with Crippen LogP contribution in [0.3, 0.4) is 0 Å². The summed E-state index contributed by atoms with van der Waals surface area (Å²) in [5.74, 6) is -0.377. The van der Waals surface area contributed by atoms with E-state index in [1.165, 1.54) is 0 Å². The number of hydrogen-bond donors (Lipinski definition) is 4. The summed E-state index contributed by atoms with van der Waals surface area (Å²) < 4.78 is 10.9. The lowest BCUT2D eigenvalue weighted by atomic mass is 9.92. The molecule has 0 aromatic rings. The predicted octanol–water partition coefficient (Wildman–Crippen LogP) is 4.81. The van der Waals surface area contributed by atoms with Gasteiger partial charge in [0.1, 0.15) is 5.78 Å². The molecule has 0 bridgehead atoms. The molecule has 0 saturated carbocycles. The van der Waals surface area contributed by atoms with Crippen molar-refractivity contribution in [3.8, 4) is 0 Å². The molecule has 1 aliphatic heterocycles. The van der Waals surface area contributed by atoms with Gasteiger partial charge < -0.3 is 30.1 Å². The third kappa shape index (κ3) is 17.7. The fourth-order valence-corrected chi connectivity index (χ4v) is 5.38. The van der Waals surface area contributed by atoms with Crippen LogP contribution in [0.4, 0.5) is 0 Å². The van der Waals surface area contributed by atoms with Crippen molar-refractivity contribution in [1.29, 1.82) is 0 Å². The second-order valence-electron chi connectivity index (χ2n) is 12.6. The van der Waals surface area contributed by atoms with Gasteiger partial charge in [-0.25, -0.2) is 0 Å². The normalized spacial score (nSPS) is 33.3. The van der Waals surface area contributed by atoms with E-state index in [4.69, 9.17) is 9.47 Å². The molecule has 0 fully saturated rings. The van der Waals surface area contributed by atoms with Crippen LogP contribution in [0.25, 0.3) is 0 Å². The molecule has 4 N–H and O–H groups in total. The van der Waals surface area contributed by atoms with Gasteiger partial charge in [-0.1, -0.05) is 65.2 Å². The number of aliphatic hydroxyl groups is 3. The van der Waals surface area contributed by atoms with Gasteiger partial charge in [-0.3, -0.25) is 14.4 Å². The van der Waals surface area contributed by atoms with Gasteiger partial charge in [-0.05, 0) is 62.4 Å². The van der Waals surface area contributed by atoms with Gasteiger partial charge in [0.05, 0.1) is 30.8 Å². The third-order valence-electron chi connectivity index (χ3n) is 8.11. The highest BCUT2D eigenvalue weighted by Crippen LogP contribution is 2.21. The fraction of sp³-hybridized carbons (Fsp3) is 0.794. The molecule has 9 nitrogen and oxygen atoms in total. The number of hydrogen-bond acceptors (Lipinski definition) is 8. The number of rotatable bonds is 4. The van der Waals surface area contributed by atoms with E-state index >= 15 is 0 Å². The molecule has 0 radical (unpaired) electrons. The molecular formula is C34H59NO8. The maximum absolute atomic E-state index is 12.8. The number of aliphatic hydroxyl groups excluding tert-OH is 3. The maximum Gasteiger partial charge on any atom is 0.309 e. The number of ether oxygens (including phenoxy) is 2. The van der Waals surface area contributed by atoms with Crippen molar-refractivity contribution in [3.05, 3.63) is 23.8 Å². The second kappa shape index (κ2) is 22.4. The van der Waals surface area contributed by atoms with Gasteiger partial charge in [0.2, 0.25) is 0 Å². The summed E-state index contributed by atoms with van der Waals surface area (Å²) in [6.07, 6.45) is 9.73. The molecule has 0 aliphatic carbocycles. The Morgan fingerprint density at radius 2 is 1.65 bits per heavy atom. The quantitative estimate of drug-likeness (QED) is 0.333. The average Bonchev–Trinajstić information content (AvgIpc) is 2.95. The summed E-state index contributed by atoms with van der Waals surface area (Å²) in [6.45, 7) is 8.19. The zero-order chi connectivity index (χ0) is 32.2. The lowest BCUT2D eigenvalue weighted by Gasteiger charge is -2.23. The minimum absolute atomic E-state index is 0.113. The summed E-state index contributed by atoms with van der Waals surface area (Å²) in [7, 11) is 1.60. The van der Waals surface area contributed by atoms with Crippen molar-refractivity contribution in [2.45, 2.75) is 136 Å². The predicted molar refractivity (Wildman–Crippen MR) is 168 cm³/mol. The van der Waals surface area contributed by atoms with E-state index in [1.807, 2.05) is 26.0 Å². The summed E-state index contributed by atoms with van der Waals surface area (Å²) >= 11 is 0. The first-order valence-corrected chi connectivity index (χ1v) is 16.4. The Labute approximate surface area is 259 Å². The molecule has 1 aliphatic rings. The second-order valence-corrected chi connectivity index (χ2v) is 12.6. The molecule has 1 heterocycles. The molecule has 248 valence electrons. The lowest BCUT2D eigenvalue weighted by Crippen LogP contribution is -2.43. The van der Waals surface area contributed by atoms with Crippen LogP contribution in [-0.2, 0) is 23.9 Å². The van der Waals surface area contributed by atoms with Crippen molar-refractivity contribution in [1.82, 2.24) is 5.32 Å². The third-order valence-corrected chi connectivity index (χ3v) is 8.11. The first kappa shape index (κ1) is 39.0. The Bertz CT molecular complexity index is 872. The van der Waals surface area contributed by atoms with E-state index in [0.29, 0.717) is 56.8 Å². The number of esters is 1. The van der Waals surface area contributed by atoms with Crippen LogP contribution in [0.2, 0.25) is 0 Å². The van der Waals surface area contributed by atoms with Crippen molar-refractivity contribution in [2.75, 3.05) is 20.3 Å². The van der Waals surface area contributed by atoms with Gasteiger partial charge in [0, 0.05) is 32.9 Å². The first-order chi connectivity index (χ1) is 20.5. The number of Topliss-reactive ketones (excluding diaryl/α,β-unsaturated/α-hetero) is 1. The monoisotopic (exact) mass is 609 g/mol. The molecule has 7 atom stereocenters. The zero-order valence-corrected chi connectivity index (χ0v) is 27.3. The van der Waals surface area contributed by atoms with Gasteiger partial charge in [-0.2, -0.15) is 0 Å². The Balaban J connectivity index is 2.92. The smallest absolute Gasteiger partial charge is 0.309 e. The number of β-amino-alcohol motifs (C(OH)–C–C–N with tert-alkyl or cyclic N) is 1. The zero-order valence-electron chi connectivity index (χ0n) is 27.3. The minimum Gasteiger partial charge on any atom is -0.452 e. The molecule has 0 aromatic carbocycles. The molecule has 1 rings (SSSR count). The molecular weight excluding hydrogens is 550 g/mol. The minimum atomic E-state index is -1.17. The van der Waals surface area contributed by atoms with E-state index in [0.717, 1.165) is 37.7 Å². The molecule has 0 aromatic heterocycles. The maximum atomic E-state index is 12.8. The highest BCUT2D eigenvalue weighted by molar-refractivity contribution is 5.84. The highest BCUT2D eigenvalue weighted by atomic mass is 16.5. The summed E-state index contributed by atoms with van der Waals surface area (Å²) in [5, 5.41) is 34.0. The van der Waals surface area contributed by atoms with Crippen molar-refractivity contribution in [3.63, 3.8) is 0 Å². The molecule has 9 heteroatoms. The number of carbonyl (C=O) groups is 3. The van der Waals surface area contributed by atoms with E-state index in [2.05, 4.69) is 25.2 Å². The molecule has 0 saturated heterocycles. The van der Waals surface area contributed by atoms with Crippen LogP contribution in [0, 0.1) is 17.8 Å². The highest BCUT2D eigenvalue weighted by Gasteiger charge is 2.27. The Morgan fingerprint density at radius 1 is 0.930 bits per heavy atom. The van der Waals surface area contributed by atoms with Gasteiger partial charge in [0.25, 0.3) is 5.91 Å². The number of amides is 1. The number of nitrogens with one attached hydrogen (secondary N) is 1. The summed E-state index contributed by atoms with van der Waals surface area (Å²) in [6, 6.07) is 0. The summed E-state index contributed by atoms with van der Waals surface area (Å²) in [4.78, 5) is 38.0. The van der Waals surface area contributed by atoms with Crippen LogP contribution in [0.15, 0.2) is 23.8 Å². The standard InChI is InChI=1S/C34H59NO8/c1-6-11-32-33(40)35-22-29(37)21-31(39)30(38)19-18-27(23-42-5)15-9-13-24(2)14-10-17-28(36)16-8-7-12-25(3)20-26(4)34(41)43-32/h9,13,15,24-26,29-32,37-39H,6-8,10-12,14,16-23H2,1-5H3,(H,35,40)/b13-9+,27-15-/t24?,25-,26+,29+,30-,31+,32+/m1/s1. The largest absolute Gasteiger partial charge is 0.452 e. The van der Waals surface area contributed by atoms with Crippen LogP contribution in [-0.4, -0.2) is 77.7 Å². The molecule has 1 amide bonds.